The summed E-state index contributed by atoms with van der Waals surface area (Å²) in [6.07, 6.45) is 9.22. The Labute approximate surface area is 153 Å². The monoisotopic (exact) mass is 350 g/mol. The molecular weight excluding hydrogens is 312 g/mol. The first-order chi connectivity index (χ1) is 11.7. The quantitative estimate of drug-likeness (QED) is 0.674. The normalized spacial score (nSPS) is 47.2. The zero-order valence-corrected chi connectivity index (χ0v) is 16.6. The van der Waals surface area contributed by atoms with Gasteiger partial charge >= 0.3 is 0 Å². The van der Waals surface area contributed by atoms with Crippen LogP contribution in [0.5, 0.6) is 0 Å². The van der Waals surface area contributed by atoms with Gasteiger partial charge in [-0.15, -0.1) is 0 Å². The lowest BCUT2D eigenvalue weighted by molar-refractivity contribution is -0.197. The summed E-state index contributed by atoms with van der Waals surface area (Å²) in [7, 11) is 0. The molecule has 0 bridgehead atoms. The second kappa shape index (κ2) is 6.65. The third-order valence-electron chi connectivity index (χ3n) is 8.34. The molecule has 3 aliphatic carbocycles. The molecule has 0 aromatic rings. The zero-order chi connectivity index (χ0) is 18.5. The number of allylic oxidation sites excluding steroid dienone is 1. The Morgan fingerprint density at radius 1 is 1.20 bits per heavy atom. The van der Waals surface area contributed by atoms with Gasteiger partial charge in [-0.2, -0.15) is 0 Å². The smallest absolute Gasteiger partial charge is 0.0737 e. The summed E-state index contributed by atoms with van der Waals surface area (Å²) in [6.45, 7) is 9.36. The lowest BCUT2D eigenvalue weighted by Crippen LogP contribution is -2.62. The van der Waals surface area contributed by atoms with E-state index < -0.39 is 5.60 Å². The maximum Gasteiger partial charge on any atom is 0.0737 e. The Kier molecular flexibility index (Phi) is 5.16. The lowest BCUT2D eigenvalue weighted by Gasteiger charge is -2.64. The van der Waals surface area contributed by atoms with Crippen molar-refractivity contribution < 1.29 is 15.3 Å². The number of hydrogen-bond donors (Lipinski definition) is 3. The number of fused-ring (bicyclic) bond motifs is 3. The van der Waals surface area contributed by atoms with Gasteiger partial charge in [0.1, 0.15) is 0 Å². The molecule has 25 heavy (non-hydrogen) atoms. The maximum absolute atomic E-state index is 11.7. The molecule has 0 radical (unpaired) electrons. The lowest BCUT2D eigenvalue weighted by atomic mass is 9.41. The third-order valence-corrected chi connectivity index (χ3v) is 8.34. The van der Waals surface area contributed by atoms with E-state index in [4.69, 9.17) is 0 Å². The van der Waals surface area contributed by atoms with Gasteiger partial charge in [-0.1, -0.05) is 45.8 Å². The molecule has 2 fully saturated rings. The van der Waals surface area contributed by atoms with E-state index in [0.717, 1.165) is 19.3 Å². The van der Waals surface area contributed by atoms with Gasteiger partial charge in [-0.3, -0.25) is 0 Å². The zero-order valence-electron chi connectivity index (χ0n) is 16.6. The molecule has 0 spiro atoms. The first-order valence-corrected chi connectivity index (χ1v) is 10.3. The number of aliphatic hydroxyl groups excluding tert-OH is 2. The van der Waals surface area contributed by atoms with Crippen LogP contribution in [0.1, 0.15) is 72.6 Å². The molecule has 0 aromatic heterocycles. The summed E-state index contributed by atoms with van der Waals surface area (Å²) in [6, 6.07) is 0. The van der Waals surface area contributed by atoms with Crippen LogP contribution in [0.25, 0.3) is 0 Å². The van der Waals surface area contributed by atoms with E-state index in [2.05, 4.69) is 33.8 Å². The Morgan fingerprint density at radius 2 is 1.92 bits per heavy atom. The van der Waals surface area contributed by atoms with Crippen LogP contribution in [0.15, 0.2) is 11.6 Å². The van der Waals surface area contributed by atoms with E-state index in [-0.39, 0.29) is 30.0 Å². The van der Waals surface area contributed by atoms with E-state index in [0.29, 0.717) is 30.6 Å². The minimum Gasteiger partial charge on any atom is -0.396 e. The van der Waals surface area contributed by atoms with Gasteiger partial charge in [-0.05, 0) is 67.1 Å². The number of hydrogen-bond acceptors (Lipinski definition) is 3. The molecule has 3 heteroatoms. The highest BCUT2D eigenvalue weighted by molar-refractivity contribution is 5.22. The van der Waals surface area contributed by atoms with Crippen LogP contribution in [0, 0.1) is 34.5 Å². The van der Waals surface area contributed by atoms with Gasteiger partial charge in [0.25, 0.3) is 0 Å². The topological polar surface area (TPSA) is 60.7 Å². The molecule has 6 atom stereocenters. The summed E-state index contributed by atoms with van der Waals surface area (Å²) < 4.78 is 0. The van der Waals surface area contributed by atoms with Crippen molar-refractivity contribution in [2.45, 2.75) is 78.2 Å². The molecule has 0 aliphatic heterocycles. The van der Waals surface area contributed by atoms with Gasteiger partial charge in [0.2, 0.25) is 0 Å². The van der Waals surface area contributed by atoms with E-state index >= 15 is 0 Å². The van der Waals surface area contributed by atoms with Crippen molar-refractivity contribution in [3.63, 3.8) is 0 Å². The highest BCUT2D eigenvalue weighted by Crippen LogP contribution is 2.66. The molecule has 3 nitrogen and oxygen atoms in total. The van der Waals surface area contributed by atoms with Crippen molar-refractivity contribution in [1.29, 1.82) is 0 Å². The fourth-order valence-corrected chi connectivity index (χ4v) is 6.76. The van der Waals surface area contributed by atoms with Gasteiger partial charge in [0.05, 0.1) is 5.60 Å². The van der Waals surface area contributed by atoms with Crippen molar-refractivity contribution >= 4 is 0 Å². The first kappa shape index (κ1) is 19.4. The van der Waals surface area contributed by atoms with Crippen molar-refractivity contribution in [1.82, 2.24) is 0 Å². The Balaban J connectivity index is 2.06. The summed E-state index contributed by atoms with van der Waals surface area (Å²) in [5.74, 6) is 1.45. The van der Waals surface area contributed by atoms with E-state index in [1.54, 1.807) is 0 Å². The third kappa shape index (κ3) is 3.00. The van der Waals surface area contributed by atoms with Crippen LogP contribution in [0.4, 0.5) is 0 Å². The molecule has 0 saturated heterocycles. The first-order valence-electron chi connectivity index (χ1n) is 10.3. The predicted octanol–water partition coefficient (Wildman–Crippen LogP) is 3.92. The van der Waals surface area contributed by atoms with Gasteiger partial charge in [-0.25, -0.2) is 0 Å². The minimum absolute atomic E-state index is 0.0316. The Hall–Kier alpha value is -0.380. The van der Waals surface area contributed by atoms with Crippen LogP contribution >= 0.6 is 0 Å². The predicted molar refractivity (Wildman–Crippen MR) is 101 cm³/mol. The average molecular weight is 351 g/mol. The molecule has 0 aromatic carbocycles. The molecule has 3 rings (SSSR count). The van der Waals surface area contributed by atoms with Gasteiger partial charge in [0, 0.05) is 19.1 Å². The highest BCUT2D eigenvalue weighted by Gasteiger charge is 2.62. The second-order valence-electron chi connectivity index (χ2n) is 10.1. The molecule has 0 unspecified atom stereocenters. The molecule has 0 heterocycles. The van der Waals surface area contributed by atoms with Crippen molar-refractivity contribution in [2.24, 2.45) is 34.5 Å². The molecule has 144 valence electrons. The van der Waals surface area contributed by atoms with Crippen molar-refractivity contribution in [3.8, 4) is 0 Å². The van der Waals surface area contributed by atoms with Gasteiger partial charge < -0.3 is 15.3 Å². The highest BCUT2D eigenvalue weighted by atomic mass is 16.3. The van der Waals surface area contributed by atoms with Crippen LogP contribution in [-0.2, 0) is 0 Å². The fourth-order valence-electron chi connectivity index (χ4n) is 6.76. The van der Waals surface area contributed by atoms with Gasteiger partial charge in [0.15, 0.2) is 0 Å². The standard InChI is InChI=1S/C22H38O3/c1-15(2)16-6-7-17-18(12-16)22(25,10-11-23)13-19-20(3,14-24)8-5-9-21(17,19)4/h12,15,17-19,23-25H,5-11,13-14H2,1-4H3/t17-,18-,19-,20-,21+,22+/m0/s1. The summed E-state index contributed by atoms with van der Waals surface area (Å²) in [4.78, 5) is 0. The Morgan fingerprint density at radius 3 is 2.52 bits per heavy atom. The molecular formula is C22H38O3. The van der Waals surface area contributed by atoms with Crippen LogP contribution in [0.3, 0.4) is 0 Å². The second-order valence-corrected chi connectivity index (χ2v) is 10.1. The Bertz CT molecular complexity index is 527. The van der Waals surface area contributed by atoms with Crippen LogP contribution in [-0.4, -0.2) is 34.1 Å². The molecule has 2 saturated carbocycles. The minimum atomic E-state index is -0.835. The molecule has 0 amide bonds. The summed E-state index contributed by atoms with van der Waals surface area (Å²) in [5.41, 5.74) is 0.711. The largest absolute Gasteiger partial charge is 0.396 e. The van der Waals surface area contributed by atoms with Crippen molar-refractivity contribution in [2.75, 3.05) is 13.2 Å². The van der Waals surface area contributed by atoms with Crippen LogP contribution < -0.4 is 0 Å². The molecule has 3 aliphatic rings. The summed E-state index contributed by atoms with van der Waals surface area (Å²) in [5, 5.41) is 31.5. The van der Waals surface area contributed by atoms with E-state index in [1.165, 1.54) is 18.4 Å². The molecule has 3 N–H and O–H groups in total. The maximum atomic E-state index is 11.7. The van der Waals surface area contributed by atoms with E-state index in [9.17, 15) is 15.3 Å². The fraction of sp³-hybridized carbons (Fsp3) is 0.909. The number of rotatable bonds is 4. The van der Waals surface area contributed by atoms with Crippen LogP contribution in [0.2, 0.25) is 0 Å². The SMILES string of the molecule is CC(C)C1=C[C@H]2[C@H](CC1)[C@@]1(C)CCC[C@@](C)(CO)[C@@H]1C[C@]2(O)CCO. The van der Waals surface area contributed by atoms with E-state index in [1.807, 2.05) is 0 Å². The number of aliphatic hydroxyl groups is 3. The summed E-state index contributed by atoms with van der Waals surface area (Å²) >= 11 is 0. The van der Waals surface area contributed by atoms with Crippen molar-refractivity contribution in [3.05, 3.63) is 11.6 Å². The average Bonchev–Trinajstić information content (AvgIpc) is 2.57.